The van der Waals surface area contributed by atoms with Crippen LogP contribution in [0.15, 0.2) is 75.6 Å². The number of oxazole rings is 1. The predicted octanol–water partition coefficient (Wildman–Crippen LogP) is 7.37. The predicted molar refractivity (Wildman–Crippen MR) is 157 cm³/mol. The zero-order valence-electron chi connectivity index (χ0n) is 20.8. The second-order valence-electron chi connectivity index (χ2n) is 9.03. The van der Waals surface area contributed by atoms with Crippen LogP contribution < -0.4 is 15.4 Å². The number of hydrogen-bond acceptors (Lipinski definition) is 6. The Morgan fingerprint density at radius 2 is 1.89 bits per heavy atom. The number of methoxy groups -OCH3 is 1. The number of anilines is 1. The van der Waals surface area contributed by atoms with Crippen molar-refractivity contribution in [1.82, 2.24) is 10.3 Å². The molecule has 1 amide bonds. The molecule has 7 nitrogen and oxygen atoms in total. The van der Waals surface area contributed by atoms with Crippen molar-refractivity contribution in [2.24, 2.45) is 0 Å². The molecule has 1 heterocycles. The number of aromatic hydroxyl groups is 1. The minimum absolute atomic E-state index is 0.0418. The summed E-state index contributed by atoms with van der Waals surface area (Å²) in [6.45, 7) is 4.23. The molecule has 0 spiro atoms. The number of ether oxygens (including phenoxy) is 1. The molecule has 0 unspecified atom stereocenters. The Labute approximate surface area is 233 Å². The summed E-state index contributed by atoms with van der Waals surface area (Å²) in [5.74, 6) is 0.616. The first-order chi connectivity index (χ1) is 18.2. The summed E-state index contributed by atoms with van der Waals surface area (Å²) in [7, 11) is 1.51. The molecule has 0 radical (unpaired) electrons. The molecular weight excluding hydrogens is 566 g/mol. The molecular formula is C29H24BrN3O4S. The van der Waals surface area contributed by atoms with Crippen LogP contribution in [-0.2, 0) is 0 Å². The van der Waals surface area contributed by atoms with Crippen molar-refractivity contribution in [2.45, 2.75) is 19.8 Å². The number of carbonyl (C=O) groups is 1. The third kappa shape index (κ3) is 4.94. The van der Waals surface area contributed by atoms with Gasteiger partial charge in [0.2, 0.25) is 5.89 Å². The van der Waals surface area contributed by atoms with Gasteiger partial charge in [-0.3, -0.25) is 10.1 Å². The Bertz CT molecular complexity index is 1710. The largest absolute Gasteiger partial charge is 0.507 e. The number of amides is 1. The summed E-state index contributed by atoms with van der Waals surface area (Å²) >= 11 is 8.90. The molecule has 38 heavy (non-hydrogen) atoms. The van der Waals surface area contributed by atoms with Crippen LogP contribution in [0.4, 0.5) is 5.69 Å². The molecule has 5 aromatic rings. The fourth-order valence-electron chi connectivity index (χ4n) is 4.19. The van der Waals surface area contributed by atoms with Crippen molar-refractivity contribution in [1.29, 1.82) is 0 Å². The minimum Gasteiger partial charge on any atom is -0.507 e. The van der Waals surface area contributed by atoms with Gasteiger partial charge in [0, 0.05) is 11.8 Å². The van der Waals surface area contributed by atoms with Crippen molar-refractivity contribution in [3.63, 3.8) is 0 Å². The molecule has 9 heteroatoms. The van der Waals surface area contributed by atoms with Gasteiger partial charge in [0.15, 0.2) is 10.7 Å². The number of rotatable bonds is 5. The number of benzene rings is 4. The number of nitrogens with one attached hydrogen (secondary N) is 2. The van der Waals surface area contributed by atoms with Crippen LogP contribution >= 0.6 is 28.1 Å². The van der Waals surface area contributed by atoms with Crippen LogP contribution in [-0.4, -0.2) is 28.2 Å². The highest BCUT2D eigenvalue weighted by atomic mass is 79.9. The van der Waals surface area contributed by atoms with Crippen LogP contribution in [0.5, 0.6) is 11.5 Å². The third-order valence-electron chi connectivity index (χ3n) is 6.18. The molecule has 0 fully saturated rings. The van der Waals surface area contributed by atoms with Crippen molar-refractivity contribution >= 4 is 66.7 Å². The van der Waals surface area contributed by atoms with E-state index < -0.39 is 5.91 Å². The first-order valence-electron chi connectivity index (χ1n) is 11.9. The Morgan fingerprint density at radius 1 is 1.11 bits per heavy atom. The molecule has 1 aromatic heterocycles. The standard InChI is InChI=1S/C29H24BrN3O4S/c1-15(2)16-8-11-24-22(13-16)32-28(37-24)20-10-9-18(14-23(20)34)31-29(38)33-27(35)21-12-17-6-4-5-7-19(17)25(30)26(21)36-3/h4-15,34H,1-3H3,(H2,31,33,35,38). The summed E-state index contributed by atoms with van der Waals surface area (Å²) in [6, 6.07) is 20.2. The van der Waals surface area contributed by atoms with Gasteiger partial charge in [-0.25, -0.2) is 4.98 Å². The fraction of sp³-hybridized carbons (Fsp3) is 0.138. The Balaban J connectivity index is 1.33. The van der Waals surface area contributed by atoms with E-state index in [0.29, 0.717) is 44.4 Å². The summed E-state index contributed by atoms with van der Waals surface area (Å²) in [6.07, 6.45) is 0. The lowest BCUT2D eigenvalue weighted by molar-refractivity contribution is 0.0975. The van der Waals surface area contributed by atoms with E-state index in [0.717, 1.165) is 21.9 Å². The van der Waals surface area contributed by atoms with Gasteiger partial charge in [-0.1, -0.05) is 44.2 Å². The van der Waals surface area contributed by atoms with Crippen LogP contribution in [0.2, 0.25) is 0 Å². The molecule has 0 saturated carbocycles. The number of phenolic OH excluding ortho intramolecular Hbond substituents is 1. The van der Waals surface area contributed by atoms with E-state index in [2.05, 4.69) is 45.4 Å². The molecule has 192 valence electrons. The molecule has 3 N–H and O–H groups in total. The first kappa shape index (κ1) is 25.7. The Hall–Kier alpha value is -3.95. The Kier molecular flexibility index (Phi) is 7.05. The number of phenols is 1. The lowest BCUT2D eigenvalue weighted by atomic mass is 10.0. The minimum atomic E-state index is -0.432. The maximum Gasteiger partial charge on any atom is 0.261 e. The zero-order chi connectivity index (χ0) is 27.0. The number of carbonyl (C=O) groups excluding carboxylic acids is 1. The smallest absolute Gasteiger partial charge is 0.261 e. The van der Waals surface area contributed by atoms with E-state index in [-0.39, 0.29) is 10.9 Å². The number of nitrogens with zero attached hydrogens (tertiary/aromatic N) is 1. The quantitative estimate of drug-likeness (QED) is 0.184. The normalized spacial score (nSPS) is 11.2. The first-order valence-corrected chi connectivity index (χ1v) is 13.1. The second-order valence-corrected chi connectivity index (χ2v) is 10.2. The van der Waals surface area contributed by atoms with E-state index in [9.17, 15) is 9.90 Å². The van der Waals surface area contributed by atoms with Gasteiger partial charge in [-0.05, 0) is 80.7 Å². The van der Waals surface area contributed by atoms with Gasteiger partial charge >= 0.3 is 0 Å². The number of halogens is 1. The monoisotopic (exact) mass is 589 g/mol. The topological polar surface area (TPSA) is 96.6 Å². The van der Waals surface area contributed by atoms with Crippen molar-refractivity contribution in [3.05, 3.63) is 82.3 Å². The highest BCUT2D eigenvalue weighted by Gasteiger charge is 2.19. The molecule has 4 aromatic carbocycles. The van der Waals surface area contributed by atoms with Crippen LogP contribution in [0.3, 0.4) is 0 Å². The lowest BCUT2D eigenvalue weighted by Gasteiger charge is -2.15. The number of aromatic nitrogens is 1. The van der Waals surface area contributed by atoms with Gasteiger partial charge in [0.1, 0.15) is 17.0 Å². The van der Waals surface area contributed by atoms with Gasteiger partial charge in [-0.15, -0.1) is 0 Å². The van der Waals surface area contributed by atoms with Crippen molar-refractivity contribution in [3.8, 4) is 23.0 Å². The van der Waals surface area contributed by atoms with Crippen molar-refractivity contribution in [2.75, 3.05) is 12.4 Å². The van der Waals surface area contributed by atoms with Crippen molar-refractivity contribution < 1.29 is 19.1 Å². The molecule has 0 bridgehead atoms. The third-order valence-corrected chi connectivity index (χ3v) is 7.17. The molecule has 0 atom stereocenters. The molecule has 0 aliphatic carbocycles. The average Bonchev–Trinajstić information content (AvgIpc) is 3.31. The van der Waals surface area contributed by atoms with Gasteiger partial charge < -0.3 is 19.6 Å². The average molecular weight is 590 g/mol. The lowest BCUT2D eigenvalue weighted by Crippen LogP contribution is -2.34. The van der Waals surface area contributed by atoms with Gasteiger partial charge in [-0.2, -0.15) is 0 Å². The highest BCUT2D eigenvalue weighted by Crippen LogP contribution is 2.37. The molecule has 0 aliphatic rings. The van der Waals surface area contributed by atoms with Gasteiger partial charge in [0.25, 0.3) is 5.91 Å². The molecule has 5 rings (SSSR count). The van der Waals surface area contributed by atoms with E-state index in [4.69, 9.17) is 21.4 Å². The maximum atomic E-state index is 13.1. The van der Waals surface area contributed by atoms with Crippen LogP contribution in [0.1, 0.15) is 35.7 Å². The SMILES string of the molecule is COc1c(C(=O)NC(=S)Nc2ccc(-c3nc4cc(C(C)C)ccc4o3)c(O)c2)cc2ccccc2c1Br. The summed E-state index contributed by atoms with van der Waals surface area (Å²) in [4.78, 5) is 17.6. The number of thiocarbonyl (C=S) groups is 1. The van der Waals surface area contributed by atoms with Crippen LogP contribution in [0.25, 0.3) is 33.3 Å². The van der Waals surface area contributed by atoms with E-state index in [1.807, 2.05) is 42.5 Å². The summed E-state index contributed by atoms with van der Waals surface area (Å²) in [5, 5.41) is 18.2. The zero-order valence-corrected chi connectivity index (χ0v) is 23.2. The number of hydrogen-bond donors (Lipinski definition) is 3. The second kappa shape index (κ2) is 10.4. The molecule has 0 aliphatic heterocycles. The van der Waals surface area contributed by atoms with E-state index in [1.165, 1.54) is 13.2 Å². The van der Waals surface area contributed by atoms with Crippen LogP contribution in [0, 0.1) is 0 Å². The van der Waals surface area contributed by atoms with E-state index >= 15 is 0 Å². The Morgan fingerprint density at radius 3 is 2.63 bits per heavy atom. The summed E-state index contributed by atoms with van der Waals surface area (Å²) in [5.41, 5.74) is 3.79. The van der Waals surface area contributed by atoms with E-state index in [1.54, 1.807) is 18.2 Å². The highest BCUT2D eigenvalue weighted by molar-refractivity contribution is 9.10. The molecule has 0 saturated heterocycles. The maximum absolute atomic E-state index is 13.1. The van der Waals surface area contributed by atoms with Gasteiger partial charge in [0.05, 0.1) is 22.7 Å². The number of fused-ring (bicyclic) bond motifs is 2. The summed E-state index contributed by atoms with van der Waals surface area (Å²) < 4.78 is 12.0. The fourth-order valence-corrected chi connectivity index (χ4v) is 5.14.